The zero-order valence-corrected chi connectivity index (χ0v) is 20.4. The quantitative estimate of drug-likeness (QED) is 0.266. The number of methoxy groups -OCH3 is 1. The summed E-state index contributed by atoms with van der Waals surface area (Å²) in [5, 5.41) is 6.92. The van der Waals surface area contributed by atoms with E-state index in [4.69, 9.17) is 9.47 Å². The number of rotatable bonds is 10. The van der Waals surface area contributed by atoms with Crippen molar-refractivity contribution in [2.45, 2.75) is 0 Å². The molecule has 9 heteroatoms. The molecule has 0 atom stereocenters. The predicted octanol–water partition coefficient (Wildman–Crippen LogP) is 5.19. The van der Waals surface area contributed by atoms with Gasteiger partial charge < -0.3 is 30.0 Å². The summed E-state index contributed by atoms with van der Waals surface area (Å²) in [5.74, 6) is 0.848. The lowest BCUT2D eigenvalue weighted by molar-refractivity contribution is -0.111. The van der Waals surface area contributed by atoms with Crippen molar-refractivity contribution >= 4 is 34.0 Å². The number of fused-ring (bicyclic) bond motifs is 1. The van der Waals surface area contributed by atoms with Gasteiger partial charge in [-0.25, -0.2) is 9.37 Å². The first-order chi connectivity index (χ1) is 17.4. The lowest BCUT2D eigenvalue weighted by Crippen LogP contribution is -2.20. The molecular formula is C27H28FN5O3. The summed E-state index contributed by atoms with van der Waals surface area (Å²) in [4.78, 5) is 21.7. The second-order valence-electron chi connectivity index (χ2n) is 8.35. The van der Waals surface area contributed by atoms with Crippen LogP contribution in [0.1, 0.15) is 0 Å². The number of halogens is 1. The number of likely N-dealkylation sites (N-methyl/N-ethyl adjacent to an activating group) is 1. The van der Waals surface area contributed by atoms with Gasteiger partial charge in [0, 0.05) is 29.8 Å². The minimum atomic E-state index is -0.366. The molecule has 8 nitrogen and oxygen atoms in total. The van der Waals surface area contributed by atoms with Crippen LogP contribution in [0.3, 0.4) is 0 Å². The maximum absolute atomic E-state index is 13.8. The lowest BCUT2D eigenvalue weighted by atomic mass is 10.1. The molecule has 3 N–H and O–H groups in total. The molecule has 1 amide bonds. The summed E-state index contributed by atoms with van der Waals surface area (Å²) in [6, 6.07) is 11.7. The van der Waals surface area contributed by atoms with Gasteiger partial charge in [-0.15, -0.1) is 0 Å². The molecule has 36 heavy (non-hydrogen) atoms. The number of pyridine rings is 1. The Kier molecular flexibility index (Phi) is 7.50. The van der Waals surface area contributed by atoms with Crippen molar-refractivity contribution in [2.24, 2.45) is 0 Å². The molecule has 2 heterocycles. The summed E-state index contributed by atoms with van der Waals surface area (Å²) in [6.45, 7) is 4.65. The molecule has 186 valence electrons. The van der Waals surface area contributed by atoms with E-state index in [9.17, 15) is 9.18 Å². The summed E-state index contributed by atoms with van der Waals surface area (Å²) < 4.78 is 25.3. The molecule has 0 aliphatic carbocycles. The van der Waals surface area contributed by atoms with Gasteiger partial charge in [0.1, 0.15) is 29.7 Å². The number of hydrogen-bond donors (Lipinski definition) is 3. The fourth-order valence-corrected chi connectivity index (χ4v) is 3.69. The van der Waals surface area contributed by atoms with Crippen LogP contribution in [0.5, 0.6) is 11.5 Å². The van der Waals surface area contributed by atoms with Crippen LogP contribution >= 0.6 is 0 Å². The van der Waals surface area contributed by atoms with Gasteiger partial charge in [-0.1, -0.05) is 18.7 Å². The van der Waals surface area contributed by atoms with Crippen LogP contribution in [0.15, 0.2) is 67.5 Å². The van der Waals surface area contributed by atoms with E-state index in [1.54, 1.807) is 31.5 Å². The number of benzene rings is 2. The van der Waals surface area contributed by atoms with E-state index < -0.39 is 0 Å². The van der Waals surface area contributed by atoms with Crippen LogP contribution in [0, 0.1) is 5.82 Å². The Bertz CT molecular complexity index is 1400. The van der Waals surface area contributed by atoms with E-state index in [1.165, 1.54) is 18.2 Å². The number of aromatic nitrogens is 2. The molecule has 0 saturated carbocycles. The average molecular weight is 490 g/mol. The number of nitrogens with one attached hydrogen (secondary N) is 3. The fraction of sp³-hybridized carbons (Fsp3) is 0.185. The number of anilines is 3. The zero-order chi connectivity index (χ0) is 25.7. The maximum atomic E-state index is 13.8. The van der Waals surface area contributed by atoms with Gasteiger partial charge in [0.05, 0.1) is 30.2 Å². The number of H-pyrrole nitrogens is 1. The van der Waals surface area contributed by atoms with Gasteiger partial charge >= 0.3 is 0 Å². The van der Waals surface area contributed by atoms with E-state index in [2.05, 4.69) is 27.2 Å². The predicted molar refractivity (Wildman–Crippen MR) is 141 cm³/mol. The van der Waals surface area contributed by atoms with E-state index in [0.717, 1.165) is 22.0 Å². The number of carbonyl (C=O) groups is 1. The van der Waals surface area contributed by atoms with E-state index in [1.807, 2.05) is 37.3 Å². The van der Waals surface area contributed by atoms with Crippen LogP contribution in [0.4, 0.5) is 21.6 Å². The zero-order valence-electron chi connectivity index (χ0n) is 20.4. The smallest absolute Gasteiger partial charge is 0.247 e. The number of ether oxygens (including phenoxy) is 2. The highest BCUT2D eigenvalue weighted by Gasteiger charge is 2.15. The summed E-state index contributed by atoms with van der Waals surface area (Å²) >= 11 is 0. The molecule has 0 aliphatic rings. The highest BCUT2D eigenvalue weighted by atomic mass is 19.1. The standard InChI is InChI=1S/C27H28FN5O3/c1-5-27(34)32-22-13-21(24(35-4)14-25(22)36-10-9-33(2)3)31-26-12-19-20(15-29-23(19)16-30-26)17-7-6-8-18(28)11-17/h5-8,11-16,29H,1,9-10H2,2-4H3,(H,30,31)(H,32,34). The Labute approximate surface area is 208 Å². The molecule has 0 bridgehead atoms. The van der Waals surface area contributed by atoms with Crippen LogP contribution < -0.4 is 20.1 Å². The largest absolute Gasteiger partial charge is 0.494 e. The molecule has 2 aromatic heterocycles. The van der Waals surface area contributed by atoms with Gasteiger partial charge in [0.25, 0.3) is 0 Å². The Hall–Kier alpha value is -4.37. The van der Waals surface area contributed by atoms with Crippen molar-refractivity contribution < 1.29 is 18.7 Å². The van der Waals surface area contributed by atoms with Gasteiger partial charge in [-0.05, 0) is 50.0 Å². The van der Waals surface area contributed by atoms with Gasteiger partial charge in [-0.2, -0.15) is 0 Å². The van der Waals surface area contributed by atoms with Crippen LogP contribution in [-0.4, -0.2) is 55.1 Å². The van der Waals surface area contributed by atoms with Gasteiger partial charge in [0.2, 0.25) is 5.91 Å². The van der Waals surface area contributed by atoms with Crippen molar-refractivity contribution in [3.8, 4) is 22.6 Å². The minimum absolute atomic E-state index is 0.305. The number of hydrogen-bond acceptors (Lipinski definition) is 6. The summed E-state index contributed by atoms with van der Waals surface area (Å²) in [7, 11) is 5.45. The van der Waals surface area contributed by atoms with Crippen LogP contribution in [0.25, 0.3) is 22.0 Å². The minimum Gasteiger partial charge on any atom is -0.494 e. The topological polar surface area (TPSA) is 91.5 Å². The van der Waals surface area contributed by atoms with Crippen molar-refractivity contribution in [3.63, 3.8) is 0 Å². The molecule has 4 aromatic rings. The molecule has 0 saturated heterocycles. The third-order valence-corrected chi connectivity index (χ3v) is 5.51. The Morgan fingerprint density at radius 2 is 2.03 bits per heavy atom. The Balaban J connectivity index is 1.69. The molecule has 0 fully saturated rings. The van der Waals surface area contributed by atoms with Crippen molar-refractivity contribution in [1.82, 2.24) is 14.9 Å². The first kappa shape index (κ1) is 24.7. The average Bonchev–Trinajstić information content (AvgIpc) is 3.28. The lowest BCUT2D eigenvalue weighted by Gasteiger charge is -2.18. The summed E-state index contributed by atoms with van der Waals surface area (Å²) in [6.07, 6.45) is 4.72. The summed E-state index contributed by atoms with van der Waals surface area (Å²) in [5.41, 5.74) is 3.46. The van der Waals surface area contributed by atoms with E-state index in [0.29, 0.717) is 41.8 Å². The number of nitrogens with zero attached hydrogens (tertiary/aromatic N) is 2. The SMILES string of the molecule is C=CC(=O)Nc1cc(Nc2cc3c(-c4cccc(F)c4)c[nH]c3cn2)c(OC)cc1OCCN(C)C. The van der Waals surface area contributed by atoms with Crippen LogP contribution in [0.2, 0.25) is 0 Å². The second kappa shape index (κ2) is 10.9. The second-order valence-corrected chi connectivity index (χ2v) is 8.35. The molecule has 2 aromatic carbocycles. The normalized spacial score (nSPS) is 10.9. The molecule has 0 aliphatic heterocycles. The van der Waals surface area contributed by atoms with Crippen molar-refractivity contribution in [1.29, 1.82) is 0 Å². The van der Waals surface area contributed by atoms with Crippen molar-refractivity contribution in [3.05, 3.63) is 73.3 Å². The number of amides is 1. The first-order valence-electron chi connectivity index (χ1n) is 11.3. The molecule has 0 radical (unpaired) electrons. The maximum Gasteiger partial charge on any atom is 0.247 e. The molecule has 4 rings (SSSR count). The first-order valence-corrected chi connectivity index (χ1v) is 11.3. The highest BCUT2D eigenvalue weighted by molar-refractivity contribution is 6.01. The Morgan fingerprint density at radius 1 is 1.19 bits per heavy atom. The van der Waals surface area contributed by atoms with E-state index in [-0.39, 0.29) is 11.7 Å². The molecule has 0 unspecified atom stereocenters. The monoisotopic (exact) mass is 489 g/mol. The molecular weight excluding hydrogens is 461 g/mol. The van der Waals surface area contributed by atoms with Gasteiger partial charge in [-0.3, -0.25) is 4.79 Å². The number of aromatic amines is 1. The van der Waals surface area contributed by atoms with E-state index >= 15 is 0 Å². The molecule has 0 spiro atoms. The van der Waals surface area contributed by atoms with Gasteiger partial charge in [0.15, 0.2) is 0 Å². The van der Waals surface area contributed by atoms with Crippen molar-refractivity contribution in [2.75, 3.05) is 45.0 Å². The fourth-order valence-electron chi connectivity index (χ4n) is 3.69. The van der Waals surface area contributed by atoms with Crippen LogP contribution in [-0.2, 0) is 4.79 Å². The number of carbonyl (C=O) groups excluding carboxylic acids is 1. The highest BCUT2D eigenvalue weighted by Crippen LogP contribution is 2.38. The Morgan fingerprint density at radius 3 is 2.75 bits per heavy atom. The third kappa shape index (κ3) is 5.64. The third-order valence-electron chi connectivity index (χ3n) is 5.51.